The van der Waals surface area contributed by atoms with Crippen LogP contribution in [0.4, 0.5) is 0 Å². The first-order valence-corrected chi connectivity index (χ1v) is 23.1. The molecule has 15 rings (SSSR count). The lowest BCUT2D eigenvalue weighted by atomic mass is 10.0. The van der Waals surface area contributed by atoms with Crippen LogP contribution in [0.25, 0.3) is 138 Å². The summed E-state index contributed by atoms with van der Waals surface area (Å²) in [5.41, 5.74) is 15.7. The quantitative estimate of drug-likeness (QED) is 0.173. The van der Waals surface area contributed by atoms with Crippen LogP contribution in [0.15, 0.2) is 229 Å². The van der Waals surface area contributed by atoms with E-state index in [1.807, 2.05) is 12.1 Å². The first-order valence-electron chi connectivity index (χ1n) is 23.1. The summed E-state index contributed by atoms with van der Waals surface area (Å²) in [5.74, 6) is 0.608. The van der Waals surface area contributed by atoms with Crippen LogP contribution in [-0.4, -0.2) is 23.7 Å². The van der Waals surface area contributed by atoms with Crippen molar-refractivity contribution in [2.45, 2.75) is 0 Å². The summed E-state index contributed by atoms with van der Waals surface area (Å²) in [6, 6.07) is 80.2. The Morgan fingerprint density at radius 1 is 0.309 bits per heavy atom. The number of aromatic nitrogens is 5. The number of fused-ring (bicyclic) bond motifs is 14. The van der Waals surface area contributed by atoms with Crippen LogP contribution in [0.1, 0.15) is 0 Å². The van der Waals surface area contributed by atoms with E-state index in [1.165, 1.54) is 38.1 Å². The molecule has 68 heavy (non-hydrogen) atoms. The smallest absolute Gasteiger partial charge is 0.235 e. The van der Waals surface area contributed by atoms with Crippen molar-refractivity contribution in [1.82, 2.24) is 23.7 Å². The van der Waals surface area contributed by atoms with Crippen molar-refractivity contribution in [3.05, 3.63) is 224 Å². The summed E-state index contributed by atoms with van der Waals surface area (Å²) in [4.78, 5) is 10.8. The van der Waals surface area contributed by atoms with Gasteiger partial charge in [-0.3, -0.25) is 4.57 Å². The highest BCUT2D eigenvalue weighted by Crippen LogP contribution is 2.42. The minimum Gasteiger partial charge on any atom is -0.455 e. The lowest BCUT2D eigenvalue weighted by Crippen LogP contribution is -2.03. The molecule has 0 N–H and O–H groups in total. The molecule has 0 atom stereocenters. The van der Waals surface area contributed by atoms with E-state index in [0.29, 0.717) is 5.95 Å². The Morgan fingerprint density at radius 2 is 0.882 bits per heavy atom. The zero-order chi connectivity index (χ0) is 44.5. The van der Waals surface area contributed by atoms with Crippen LogP contribution in [0.2, 0.25) is 0 Å². The van der Waals surface area contributed by atoms with Crippen molar-refractivity contribution in [1.29, 1.82) is 0 Å². The third-order valence-electron chi connectivity index (χ3n) is 14.0. The van der Waals surface area contributed by atoms with Gasteiger partial charge in [0.15, 0.2) is 0 Å². The average molecular weight is 868 g/mol. The third kappa shape index (κ3) is 5.28. The second-order valence-electron chi connectivity index (χ2n) is 17.7. The number of nitrogens with zero attached hydrogens (tertiary/aromatic N) is 5. The Bertz CT molecular complexity index is 4570. The maximum atomic E-state index is 6.62. The van der Waals surface area contributed by atoms with Crippen molar-refractivity contribution >= 4 is 98.3 Å². The highest BCUT2D eigenvalue weighted by molar-refractivity contribution is 6.24. The van der Waals surface area contributed by atoms with Crippen LogP contribution in [0, 0.1) is 0 Å². The van der Waals surface area contributed by atoms with Crippen LogP contribution in [-0.2, 0) is 0 Å². The van der Waals surface area contributed by atoms with Gasteiger partial charge < -0.3 is 13.6 Å². The number of benzene rings is 10. The van der Waals surface area contributed by atoms with Gasteiger partial charge in [-0.15, -0.1) is 0 Å². The maximum absolute atomic E-state index is 6.62. The van der Waals surface area contributed by atoms with E-state index in [0.717, 1.165) is 93.9 Å². The van der Waals surface area contributed by atoms with E-state index in [4.69, 9.17) is 14.4 Å². The van der Waals surface area contributed by atoms with Gasteiger partial charge in [0.2, 0.25) is 5.95 Å². The molecule has 0 unspecified atom stereocenters. The van der Waals surface area contributed by atoms with Gasteiger partial charge in [-0.25, -0.2) is 9.97 Å². The van der Waals surface area contributed by atoms with Crippen LogP contribution in [0.5, 0.6) is 0 Å². The van der Waals surface area contributed by atoms with Crippen molar-refractivity contribution in [3.8, 4) is 39.7 Å². The Kier molecular flexibility index (Phi) is 7.69. The zero-order valence-corrected chi connectivity index (χ0v) is 36.5. The molecule has 6 nitrogen and oxygen atoms in total. The molecule has 0 saturated carbocycles. The number of hydrogen-bond acceptors (Lipinski definition) is 3. The molecule has 5 heterocycles. The summed E-state index contributed by atoms with van der Waals surface area (Å²) < 4.78 is 13.6. The van der Waals surface area contributed by atoms with E-state index in [-0.39, 0.29) is 0 Å². The SMILES string of the molecule is c1ccc(-n2c3ccccc3c3cc(-c4ccc5c6ccccc6n(-c6cccc(-c7nc(-n8c9ccccc9c9c%10oc%11ccccc%11c%10ccc98)nc8ccccc78)c6)c5c4)ccc32)cc1. The summed E-state index contributed by atoms with van der Waals surface area (Å²) in [6.45, 7) is 0. The largest absolute Gasteiger partial charge is 0.455 e. The average Bonchev–Trinajstić information content (AvgIpc) is 4.14. The number of rotatable bonds is 5. The van der Waals surface area contributed by atoms with Gasteiger partial charge in [0.25, 0.3) is 0 Å². The maximum Gasteiger partial charge on any atom is 0.235 e. The van der Waals surface area contributed by atoms with Crippen molar-refractivity contribution in [2.75, 3.05) is 0 Å². The Balaban J connectivity index is 0.913. The second kappa shape index (κ2) is 14.1. The molecular formula is C62H37N5O. The lowest BCUT2D eigenvalue weighted by molar-refractivity contribution is 0.673. The molecule has 10 aromatic carbocycles. The summed E-state index contributed by atoms with van der Waals surface area (Å²) in [7, 11) is 0. The molecule has 0 aliphatic rings. The Hall–Kier alpha value is -9.26. The van der Waals surface area contributed by atoms with Gasteiger partial charge in [0.05, 0.1) is 49.7 Å². The molecule has 0 aliphatic heterocycles. The topological polar surface area (TPSA) is 53.7 Å². The molecular weight excluding hydrogens is 831 g/mol. The van der Waals surface area contributed by atoms with E-state index >= 15 is 0 Å². The van der Waals surface area contributed by atoms with Gasteiger partial charge in [-0.2, -0.15) is 0 Å². The standard InChI is InChI=1S/C62H37N5O/c1-2-16-41(17-3-1)65-53-26-11-6-20-44(53)50-36-38(30-33-55(50)65)39-29-31-45-43-19-5-10-25-52(43)66(57(45)37-39)42-18-14-15-40(35-42)60-48-22-4-9-24-51(48)63-62(64-60)67-54-27-12-7-23-49(54)59-56(67)34-32-47-46-21-8-13-28-58(46)68-61(47)59/h1-37H. The molecule has 0 radical (unpaired) electrons. The fraction of sp³-hybridized carbons (Fsp3) is 0. The van der Waals surface area contributed by atoms with Crippen molar-refractivity contribution in [2.24, 2.45) is 0 Å². The highest BCUT2D eigenvalue weighted by Gasteiger charge is 2.22. The molecule has 0 fully saturated rings. The summed E-state index contributed by atoms with van der Waals surface area (Å²) in [5, 5.41) is 10.2. The minimum atomic E-state index is 0.608. The minimum absolute atomic E-state index is 0.608. The van der Waals surface area contributed by atoms with E-state index in [9.17, 15) is 0 Å². The first kappa shape index (κ1) is 37.0. The molecule has 0 saturated heterocycles. The number of hydrogen-bond donors (Lipinski definition) is 0. The predicted octanol–water partition coefficient (Wildman–Crippen LogP) is 16.2. The molecule has 6 heteroatoms. The molecule has 5 aromatic heterocycles. The van der Waals surface area contributed by atoms with Crippen LogP contribution in [0.3, 0.4) is 0 Å². The third-order valence-corrected chi connectivity index (χ3v) is 14.0. The van der Waals surface area contributed by atoms with Crippen LogP contribution >= 0.6 is 0 Å². The van der Waals surface area contributed by atoms with E-state index in [2.05, 4.69) is 226 Å². The van der Waals surface area contributed by atoms with Crippen molar-refractivity contribution in [3.63, 3.8) is 0 Å². The normalized spacial score (nSPS) is 12.1. The van der Waals surface area contributed by atoms with Crippen molar-refractivity contribution < 1.29 is 4.42 Å². The van der Waals surface area contributed by atoms with Crippen LogP contribution < -0.4 is 0 Å². The molecule has 0 spiro atoms. The van der Waals surface area contributed by atoms with Gasteiger partial charge in [0, 0.05) is 60.0 Å². The molecule has 316 valence electrons. The fourth-order valence-electron chi connectivity index (χ4n) is 11.1. The number of furan rings is 1. The number of para-hydroxylation sites is 6. The Morgan fingerprint density at radius 3 is 1.71 bits per heavy atom. The highest BCUT2D eigenvalue weighted by atomic mass is 16.3. The Labute approximate surface area is 388 Å². The molecule has 0 bridgehead atoms. The zero-order valence-electron chi connectivity index (χ0n) is 36.5. The summed E-state index contributed by atoms with van der Waals surface area (Å²) in [6.07, 6.45) is 0. The predicted molar refractivity (Wildman–Crippen MR) is 281 cm³/mol. The lowest BCUT2D eigenvalue weighted by Gasteiger charge is -2.14. The fourth-order valence-corrected chi connectivity index (χ4v) is 11.1. The molecule has 15 aromatic rings. The van der Waals surface area contributed by atoms with Gasteiger partial charge in [-0.1, -0.05) is 140 Å². The molecule has 0 amide bonds. The molecule has 0 aliphatic carbocycles. The van der Waals surface area contributed by atoms with E-state index in [1.54, 1.807) is 0 Å². The van der Waals surface area contributed by atoms with Gasteiger partial charge in [0.1, 0.15) is 11.2 Å². The second-order valence-corrected chi connectivity index (χ2v) is 17.7. The van der Waals surface area contributed by atoms with Gasteiger partial charge >= 0.3 is 0 Å². The van der Waals surface area contributed by atoms with E-state index < -0.39 is 0 Å². The van der Waals surface area contributed by atoms with Gasteiger partial charge in [-0.05, 0) is 96.1 Å². The monoisotopic (exact) mass is 867 g/mol. The summed E-state index contributed by atoms with van der Waals surface area (Å²) >= 11 is 0. The first-order chi connectivity index (χ1) is 33.7.